The minimum Gasteiger partial charge on any atom is -0.506 e. The molecule has 130 valence electrons. The number of carbonyl (C=O) groups is 3. The Labute approximate surface area is 149 Å². The van der Waals surface area contributed by atoms with E-state index in [0.29, 0.717) is 10.6 Å². The maximum Gasteiger partial charge on any atom is 0.337 e. The van der Waals surface area contributed by atoms with Crippen LogP contribution < -0.4 is 5.32 Å². The van der Waals surface area contributed by atoms with Crippen molar-refractivity contribution in [3.05, 3.63) is 58.6 Å². The van der Waals surface area contributed by atoms with Gasteiger partial charge in [0.15, 0.2) is 5.78 Å². The summed E-state index contributed by atoms with van der Waals surface area (Å²) in [7, 11) is 1.23. The molecular formula is C18H16ClNO5. The monoisotopic (exact) mass is 361 g/mol. The van der Waals surface area contributed by atoms with Crippen LogP contribution in [0.15, 0.2) is 42.5 Å². The lowest BCUT2D eigenvalue weighted by molar-refractivity contribution is -0.116. The van der Waals surface area contributed by atoms with Gasteiger partial charge in [0.05, 0.1) is 18.4 Å². The number of benzene rings is 2. The van der Waals surface area contributed by atoms with Crippen molar-refractivity contribution < 1.29 is 24.2 Å². The van der Waals surface area contributed by atoms with Crippen molar-refractivity contribution in [1.82, 2.24) is 0 Å². The highest BCUT2D eigenvalue weighted by atomic mass is 35.5. The number of carbonyl (C=O) groups excluding carboxylic acids is 3. The first kappa shape index (κ1) is 18.5. The number of rotatable bonds is 6. The van der Waals surface area contributed by atoms with E-state index in [0.717, 1.165) is 0 Å². The molecule has 0 heterocycles. The fourth-order valence-electron chi connectivity index (χ4n) is 2.10. The predicted octanol–water partition coefficient (Wildman–Crippen LogP) is 3.43. The summed E-state index contributed by atoms with van der Waals surface area (Å²) in [6.07, 6.45) is -0.0197. The Balaban J connectivity index is 1.93. The molecule has 1 amide bonds. The van der Waals surface area contributed by atoms with Crippen molar-refractivity contribution in [1.29, 1.82) is 0 Å². The Hall–Kier alpha value is -2.86. The largest absolute Gasteiger partial charge is 0.506 e. The molecule has 0 saturated heterocycles. The van der Waals surface area contributed by atoms with Gasteiger partial charge in [-0.25, -0.2) is 4.79 Å². The predicted molar refractivity (Wildman–Crippen MR) is 93.1 cm³/mol. The summed E-state index contributed by atoms with van der Waals surface area (Å²) in [6.45, 7) is 0. The number of Topliss-reactive ketones (excluding diaryl/α,β-unsaturated/α-hetero) is 1. The summed E-state index contributed by atoms with van der Waals surface area (Å²) in [5, 5.41) is 12.9. The van der Waals surface area contributed by atoms with E-state index in [1.807, 2.05) is 0 Å². The van der Waals surface area contributed by atoms with Gasteiger partial charge in [-0.2, -0.15) is 0 Å². The number of amides is 1. The van der Waals surface area contributed by atoms with Crippen LogP contribution in [0.4, 0.5) is 5.69 Å². The van der Waals surface area contributed by atoms with E-state index in [9.17, 15) is 19.5 Å². The molecule has 0 fully saturated rings. The van der Waals surface area contributed by atoms with E-state index in [1.54, 1.807) is 24.3 Å². The molecule has 2 aromatic rings. The van der Waals surface area contributed by atoms with E-state index >= 15 is 0 Å². The first-order valence-electron chi connectivity index (χ1n) is 7.40. The molecule has 0 bridgehead atoms. The number of halogens is 1. The Morgan fingerprint density at radius 2 is 1.68 bits per heavy atom. The Kier molecular flexibility index (Phi) is 6.14. The lowest BCUT2D eigenvalue weighted by atomic mass is 10.1. The average molecular weight is 362 g/mol. The molecule has 0 aliphatic carbocycles. The molecule has 0 aliphatic heterocycles. The number of hydrogen-bond acceptors (Lipinski definition) is 5. The highest BCUT2D eigenvalue weighted by Crippen LogP contribution is 2.25. The van der Waals surface area contributed by atoms with Gasteiger partial charge in [0, 0.05) is 23.4 Å². The lowest BCUT2D eigenvalue weighted by Gasteiger charge is -2.08. The first-order valence-corrected chi connectivity index (χ1v) is 7.78. The summed E-state index contributed by atoms with van der Waals surface area (Å²) in [5.41, 5.74) is 0.787. The summed E-state index contributed by atoms with van der Waals surface area (Å²) in [6, 6.07) is 10.4. The highest BCUT2D eigenvalue weighted by molar-refractivity contribution is 6.30. The number of esters is 1. The lowest BCUT2D eigenvalue weighted by Crippen LogP contribution is -2.14. The topological polar surface area (TPSA) is 92.7 Å². The van der Waals surface area contributed by atoms with E-state index in [4.69, 9.17) is 11.6 Å². The molecule has 0 aromatic heterocycles. The Morgan fingerprint density at radius 3 is 2.28 bits per heavy atom. The second kappa shape index (κ2) is 8.30. The summed E-state index contributed by atoms with van der Waals surface area (Å²) < 4.78 is 4.54. The van der Waals surface area contributed by atoms with Crippen LogP contribution in [-0.2, 0) is 9.53 Å². The number of phenolic OH excluding ortho intramolecular Hbond substituents is 1. The maximum atomic E-state index is 12.0. The zero-order chi connectivity index (χ0) is 18.4. The molecule has 0 spiro atoms. The minimum atomic E-state index is -0.596. The van der Waals surface area contributed by atoms with Gasteiger partial charge >= 0.3 is 5.97 Å². The fourth-order valence-corrected chi connectivity index (χ4v) is 2.23. The normalized spacial score (nSPS) is 10.2. The number of nitrogens with one attached hydrogen (secondary N) is 1. The van der Waals surface area contributed by atoms with Crippen molar-refractivity contribution >= 4 is 34.9 Å². The van der Waals surface area contributed by atoms with Crippen LogP contribution in [0.5, 0.6) is 5.75 Å². The van der Waals surface area contributed by atoms with E-state index < -0.39 is 11.9 Å². The van der Waals surface area contributed by atoms with Gasteiger partial charge < -0.3 is 15.2 Å². The highest BCUT2D eigenvalue weighted by Gasteiger charge is 2.13. The molecule has 0 unspecified atom stereocenters. The van der Waals surface area contributed by atoms with E-state index in [2.05, 4.69) is 10.1 Å². The van der Waals surface area contributed by atoms with Crippen molar-refractivity contribution in [3.63, 3.8) is 0 Å². The number of aromatic hydroxyl groups is 1. The zero-order valence-corrected chi connectivity index (χ0v) is 14.2. The molecule has 0 atom stereocenters. The molecule has 2 N–H and O–H groups in total. The second-order valence-electron chi connectivity index (χ2n) is 5.20. The molecule has 0 saturated carbocycles. The minimum absolute atomic E-state index is 0.0223. The number of anilines is 1. The summed E-state index contributed by atoms with van der Waals surface area (Å²) in [4.78, 5) is 35.3. The second-order valence-corrected chi connectivity index (χ2v) is 5.64. The Morgan fingerprint density at radius 1 is 1.04 bits per heavy atom. The summed E-state index contributed by atoms with van der Waals surface area (Å²) in [5.74, 6) is -1.47. The molecule has 25 heavy (non-hydrogen) atoms. The smallest absolute Gasteiger partial charge is 0.337 e. The van der Waals surface area contributed by atoms with Crippen LogP contribution in [0.2, 0.25) is 5.02 Å². The van der Waals surface area contributed by atoms with Crippen molar-refractivity contribution in [2.75, 3.05) is 12.4 Å². The number of hydrogen-bond donors (Lipinski definition) is 2. The Bertz CT molecular complexity index is 802. The average Bonchev–Trinajstić information content (AvgIpc) is 2.61. The number of ketones is 1. The first-order chi connectivity index (χ1) is 11.9. The van der Waals surface area contributed by atoms with Gasteiger partial charge in [0.25, 0.3) is 0 Å². The van der Waals surface area contributed by atoms with Crippen molar-refractivity contribution in [2.45, 2.75) is 12.8 Å². The third-order valence-corrected chi connectivity index (χ3v) is 3.69. The third-order valence-electron chi connectivity index (χ3n) is 3.44. The molecule has 2 rings (SSSR count). The van der Waals surface area contributed by atoms with Crippen LogP contribution in [0.3, 0.4) is 0 Å². The number of phenols is 1. The molecule has 2 aromatic carbocycles. The van der Waals surface area contributed by atoms with Gasteiger partial charge in [0.2, 0.25) is 5.91 Å². The molecule has 6 nitrogen and oxygen atoms in total. The quantitative estimate of drug-likeness (QED) is 0.467. The molecule has 7 heteroatoms. The third kappa shape index (κ3) is 5.06. The van der Waals surface area contributed by atoms with E-state index in [-0.39, 0.29) is 35.6 Å². The summed E-state index contributed by atoms with van der Waals surface area (Å²) >= 11 is 5.76. The number of ether oxygens (including phenoxy) is 1. The molecular weight excluding hydrogens is 346 g/mol. The maximum absolute atomic E-state index is 12.0. The van der Waals surface area contributed by atoms with Gasteiger partial charge in [-0.1, -0.05) is 11.6 Å². The van der Waals surface area contributed by atoms with E-state index in [1.165, 1.54) is 25.3 Å². The SMILES string of the molecule is COC(=O)c1ccc(NC(=O)CCC(=O)c2ccc(Cl)cc2)c(O)c1. The van der Waals surface area contributed by atoms with Gasteiger partial charge in [-0.3, -0.25) is 9.59 Å². The van der Waals surface area contributed by atoms with Crippen LogP contribution in [0, 0.1) is 0 Å². The van der Waals surface area contributed by atoms with Crippen LogP contribution >= 0.6 is 11.6 Å². The van der Waals surface area contributed by atoms with Crippen LogP contribution in [0.25, 0.3) is 0 Å². The fraction of sp³-hybridized carbons (Fsp3) is 0.167. The van der Waals surface area contributed by atoms with Crippen molar-refractivity contribution in [2.24, 2.45) is 0 Å². The molecule has 0 radical (unpaired) electrons. The van der Waals surface area contributed by atoms with Gasteiger partial charge in [0.1, 0.15) is 5.75 Å². The van der Waals surface area contributed by atoms with Crippen LogP contribution in [0.1, 0.15) is 33.6 Å². The zero-order valence-electron chi connectivity index (χ0n) is 13.4. The van der Waals surface area contributed by atoms with Gasteiger partial charge in [-0.15, -0.1) is 0 Å². The van der Waals surface area contributed by atoms with Crippen LogP contribution in [-0.4, -0.2) is 29.9 Å². The number of methoxy groups -OCH3 is 1. The standard InChI is InChI=1S/C18H16ClNO5/c1-25-18(24)12-4-7-14(16(22)10-12)20-17(23)9-8-15(21)11-2-5-13(19)6-3-11/h2-7,10,22H,8-9H2,1H3,(H,20,23). The van der Waals surface area contributed by atoms with Gasteiger partial charge in [-0.05, 0) is 42.5 Å². The van der Waals surface area contributed by atoms with Crippen molar-refractivity contribution in [3.8, 4) is 5.75 Å². The molecule has 0 aliphatic rings.